The van der Waals surface area contributed by atoms with Crippen molar-refractivity contribution in [2.45, 2.75) is 44.6 Å². The Hall–Kier alpha value is -0.960. The zero-order valence-electron chi connectivity index (χ0n) is 11.8. The van der Waals surface area contributed by atoms with Crippen molar-refractivity contribution in [3.8, 4) is 0 Å². The molecule has 1 aromatic carbocycles. The van der Waals surface area contributed by atoms with Crippen LogP contribution in [0.3, 0.4) is 0 Å². The third-order valence-corrected chi connectivity index (χ3v) is 5.41. The van der Waals surface area contributed by atoms with Gasteiger partial charge in [0.15, 0.2) is 5.17 Å². The fraction of sp³-hybridized carbons (Fsp3) is 0.562. The third-order valence-electron chi connectivity index (χ3n) is 4.50. The number of benzene rings is 1. The molecule has 3 rings (SSSR count). The van der Waals surface area contributed by atoms with Gasteiger partial charge in [-0.05, 0) is 37.3 Å². The Morgan fingerprint density at radius 1 is 1.42 bits per heavy atom. The number of thioether (sulfide) groups is 1. The van der Waals surface area contributed by atoms with Crippen molar-refractivity contribution >= 4 is 16.9 Å². The van der Waals surface area contributed by atoms with Crippen molar-refractivity contribution in [3.05, 3.63) is 35.4 Å². The highest BCUT2D eigenvalue weighted by Crippen LogP contribution is 2.35. The topological polar surface area (TPSA) is 24.4 Å². The molecule has 0 spiro atoms. The van der Waals surface area contributed by atoms with Crippen molar-refractivity contribution in [2.75, 3.05) is 12.3 Å². The number of rotatable bonds is 3. The van der Waals surface area contributed by atoms with E-state index in [2.05, 4.69) is 43.4 Å². The summed E-state index contributed by atoms with van der Waals surface area (Å²) >= 11 is 1.88. The summed E-state index contributed by atoms with van der Waals surface area (Å²) < 4.78 is 0. The van der Waals surface area contributed by atoms with Gasteiger partial charge in [0.05, 0.1) is 0 Å². The Kier molecular flexibility index (Phi) is 3.57. The predicted molar refractivity (Wildman–Crippen MR) is 84.1 cm³/mol. The van der Waals surface area contributed by atoms with E-state index < -0.39 is 0 Å². The molecule has 0 saturated carbocycles. The first-order chi connectivity index (χ1) is 9.20. The maximum Gasteiger partial charge on any atom is 0.156 e. The molecule has 1 heterocycles. The van der Waals surface area contributed by atoms with Gasteiger partial charge in [-0.25, -0.2) is 0 Å². The summed E-state index contributed by atoms with van der Waals surface area (Å²) in [4.78, 5) is 4.82. The van der Waals surface area contributed by atoms with Crippen molar-refractivity contribution in [2.24, 2.45) is 4.99 Å². The van der Waals surface area contributed by atoms with Crippen LogP contribution in [0.2, 0.25) is 0 Å². The van der Waals surface area contributed by atoms with Crippen LogP contribution in [-0.4, -0.2) is 23.0 Å². The smallest absolute Gasteiger partial charge is 0.156 e. The van der Waals surface area contributed by atoms with Gasteiger partial charge in [-0.3, -0.25) is 4.99 Å². The molecule has 0 amide bonds. The first-order valence-corrected chi connectivity index (χ1v) is 8.22. The highest BCUT2D eigenvalue weighted by atomic mass is 32.2. The molecule has 1 aliphatic heterocycles. The van der Waals surface area contributed by atoms with Gasteiger partial charge in [0.25, 0.3) is 0 Å². The maximum atomic E-state index is 4.82. The standard InChI is InChI=1S/C16H22N2S/c1-3-16(2)8-9-19-15(18-16)17-11-13-10-12-6-4-5-7-14(12)13/h4-7,13H,3,8-11H2,1-2H3,(H,17,18). The molecule has 1 aliphatic carbocycles. The van der Waals surface area contributed by atoms with Gasteiger partial charge in [0.2, 0.25) is 0 Å². The van der Waals surface area contributed by atoms with Crippen LogP contribution in [0.25, 0.3) is 0 Å². The Morgan fingerprint density at radius 2 is 2.26 bits per heavy atom. The highest BCUT2D eigenvalue weighted by Gasteiger charge is 2.29. The van der Waals surface area contributed by atoms with E-state index in [1.807, 2.05) is 11.8 Å². The second kappa shape index (κ2) is 5.20. The normalized spacial score (nSPS) is 31.5. The van der Waals surface area contributed by atoms with Crippen LogP contribution in [0, 0.1) is 0 Å². The van der Waals surface area contributed by atoms with Gasteiger partial charge in [-0.2, -0.15) is 0 Å². The summed E-state index contributed by atoms with van der Waals surface area (Å²) in [6.45, 7) is 5.50. The molecule has 102 valence electrons. The zero-order chi connectivity index (χ0) is 13.3. The number of fused-ring (bicyclic) bond motifs is 1. The Morgan fingerprint density at radius 3 is 3.05 bits per heavy atom. The summed E-state index contributed by atoms with van der Waals surface area (Å²) in [5.74, 6) is 1.83. The molecule has 2 atom stereocenters. The largest absolute Gasteiger partial charge is 0.360 e. The molecule has 0 aromatic heterocycles. The average Bonchev–Trinajstić information content (AvgIpc) is 2.40. The summed E-state index contributed by atoms with van der Waals surface area (Å²) in [6, 6.07) is 8.76. The number of hydrogen-bond acceptors (Lipinski definition) is 2. The Balaban J connectivity index is 1.62. The molecule has 2 aliphatic rings. The third kappa shape index (κ3) is 2.66. The van der Waals surface area contributed by atoms with E-state index >= 15 is 0 Å². The predicted octanol–water partition coefficient (Wildman–Crippen LogP) is 3.58. The van der Waals surface area contributed by atoms with Gasteiger partial charge >= 0.3 is 0 Å². The maximum absolute atomic E-state index is 4.82. The molecule has 3 heteroatoms. The van der Waals surface area contributed by atoms with Crippen LogP contribution in [0.4, 0.5) is 0 Å². The van der Waals surface area contributed by atoms with Gasteiger partial charge in [-0.15, -0.1) is 0 Å². The first-order valence-electron chi connectivity index (χ1n) is 7.23. The SMILES string of the molecule is CCC1(C)CCSC(=NCC2Cc3ccccc32)N1. The van der Waals surface area contributed by atoms with E-state index in [0.29, 0.717) is 5.92 Å². The molecule has 1 N–H and O–H groups in total. The molecule has 1 saturated heterocycles. The molecule has 1 fully saturated rings. The molecular weight excluding hydrogens is 252 g/mol. The zero-order valence-corrected chi connectivity index (χ0v) is 12.6. The summed E-state index contributed by atoms with van der Waals surface area (Å²) in [6.07, 6.45) is 3.60. The van der Waals surface area contributed by atoms with Crippen LogP contribution >= 0.6 is 11.8 Å². The molecule has 1 aromatic rings. The number of hydrogen-bond donors (Lipinski definition) is 1. The van der Waals surface area contributed by atoms with Crippen LogP contribution in [0.15, 0.2) is 29.3 Å². The molecular formula is C16H22N2S. The lowest BCUT2D eigenvalue weighted by Crippen LogP contribution is -2.48. The number of nitrogens with zero attached hydrogens (tertiary/aromatic N) is 1. The van der Waals surface area contributed by atoms with E-state index in [9.17, 15) is 0 Å². The number of nitrogens with one attached hydrogen (secondary N) is 1. The van der Waals surface area contributed by atoms with Gasteiger partial charge in [-0.1, -0.05) is 43.0 Å². The minimum absolute atomic E-state index is 0.252. The van der Waals surface area contributed by atoms with Gasteiger partial charge < -0.3 is 5.32 Å². The van der Waals surface area contributed by atoms with Crippen molar-refractivity contribution in [3.63, 3.8) is 0 Å². The van der Waals surface area contributed by atoms with Crippen molar-refractivity contribution in [1.82, 2.24) is 5.32 Å². The van der Waals surface area contributed by atoms with E-state index in [1.54, 1.807) is 0 Å². The van der Waals surface area contributed by atoms with E-state index in [0.717, 1.165) is 11.7 Å². The van der Waals surface area contributed by atoms with Crippen molar-refractivity contribution in [1.29, 1.82) is 0 Å². The summed E-state index contributed by atoms with van der Waals surface area (Å²) in [7, 11) is 0. The molecule has 0 radical (unpaired) electrons. The quantitative estimate of drug-likeness (QED) is 0.911. The van der Waals surface area contributed by atoms with Crippen LogP contribution in [0.5, 0.6) is 0 Å². The second-order valence-electron chi connectivity index (χ2n) is 5.88. The first kappa shape index (κ1) is 13.0. The lowest BCUT2D eigenvalue weighted by Gasteiger charge is -2.35. The average molecular weight is 274 g/mol. The van der Waals surface area contributed by atoms with E-state index in [-0.39, 0.29) is 5.54 Å². The summed E-state index contributed by atoms with van der Waals surface area (Å²) in [5.41, 5.74) is 3.27. The van der Waals surface area contributed by atoms with Crippen LogP contribution in [-0.2, 0) is 6.42 Å². The second-order valence-corrected chi connectivity index (χ2v) is 6.97. The Labute approximate surface area is 120 Å². The van der Waals surface area contributed by atoms with Crippen molar-refractivity contribution < 1.29 is 0 Å². The number of amidine groups is 1. The lowest BCUT2D eigenvalue weighted by atomic mass is 9.78. The van der Waals surface area contributed by atoms with Gasteiger partial charge in [0.1, 0.15) is 0 Å². The fourth-order valence-electron chi connectivity index (χ4n) is 2.80. The fourth-order valence-corrected chi connectivity index (χ4v) is 4.03. The van der Waals surface area contributed by atoms with E-state index in [4.69, 9.17) is 4.99 Å². The molecule has 19 heavy (non-hydrogen) atoms. The minimum Gasteiger partial charge on any atom is -0.360 e. The van der Waals surface area contributed by atoms with Crippen LogP contribution in [0.1, 0.15) is 43.7 Å². The number of aliphatic imine (C=N–C) groups is 1. The monoisotopic (exact) mass is 274 g/mol. The molecule has 2 nitrogen and oxygen atoms in total. The van der Waals surface area contributed by atoms with Crippen LogP contribution < -0.4 is 5.32 Å². The minimum atomic E-state index is 0.252. The van der Waals surface area contributed by atoms with E-state index in [1.165, 1.54) is 36.1 Å². The molecule has 0 bridgehead atoms. The highest BCUT2D eigenvalue weighted by molar-refractivity contribution is 8.13. The lowest BCUT2D eigenvalue weighted by molar-refractivity contribution is 0.389. The molecule has 2 unspecified atom stereocenters. The summed E-state index contributed by atoms with van der Waals surface area (Å²) in [5, 5.41) is 4.77. The van der Waals surface area contributed by atoms with Gasteiger partial charge in [0, 0.05) is 23.8 Å². The Bertz CT molecular complexity index is 497.